The van der Waals surface area contributed by atoms with E-state index in [1.807, 2.05) is 12.1 Å². The van der Waals surface area contributed by atoms with Crippen LogP contribution < -0.4 is 0 Å². The van der Waals surface area contributed by atoms with Gasteiger partial charge >= 0.3 is 0 Å². The molecule has 0 bridgehead atoms. The van der Waals surface area contributed by atoms with Gasteiger partial charge in [0.25, 0.3) is 0 Å². The highest BCUT2D eigenvalue weighted by Gasteiger charge is 2.07. The van der Waals surface area contributed by atoms with Crippen molar-refractivity contribution in [1.29, 1.82) is 0 Å². The second-order valence-corrected chi connectivity index (χ2v) is 5.09. The number of halogens is 4. The summed E-state index contributed by atoms with van der Waals surface area (Å²) in [6.07, 6.45) is 0. The van der Waals surface area contributed by atoms with Gasteiger partial charge in [0.15, 0.2) is 0 Å². The lowest BCUT2D eigenvalue weighted by atomic mass is 10.2. The summed E-state index contributed by atoms with van der Waals surface area (Å²) in [5.74, 6) is 0. The molecule has 0 saturated heterocycles. The predicted molar refractivity (Wildman–Crippen MR) is 80.0 cm³/mol. The molecular weight excluding hydrogens is 312 g/mol. The van der Waals surface area contributed by atoms with E-state index in [1.165, 1.54) is 0 Å². The SMILES string of the molecule is Cl/C(=N\c1ccccc1Cl)c1ccc(Cl)cc1Cl. The number of para-hydroxylation sites is 1. The molecule has 0 aliphatic heterocycles. The lowest BCUT2D eigenvalue weighted by molar-refractivity contribution is 1.52. The van der Waals surface area contributed by atoms with Crippen LogP contribution in [0.3, 0.4) is 0 Å². The maximum Gasteiger partial charge on any atom is 0.138 e. The van der Waals surface area contributed by atoms with Crippen LogP contribution in [0.15, 0.2) is 47.5 Å². The van der Waals surface area contributed by atoms with Gasteiger partial charge in [-0.1, -0.05) is 58.5 Å². The third-order valence-corrected chi connectivity index (χ3v) is 3.38. The minimum Gasteiger partial charge on any atom is -0.234 e. The molecule has 1 nitrogen and oxygen atoms in total. The second-order valence-electron chi connectivity index (χ2n) is 3.48. The summed E-state index contributed by atoms with van der Waals surface area (Å²) in [7, 11) is 0. The average molecular weight is 319 g/mol. The molecule has 2 rings (SSSR count). The van der Waals surface area contributed by atoms with E-state index in [9.17, 15) is 0 Å². The van der Waals surface area contributed by atoms with Gasteiger partial charge in [0.1, 0.15) is 5.17 Å². The van der Waals surface area contributed by atoms with Crippen molar-refractivity contribution in [2.45, 2.75) is 0 Å². The van der Waals surface area contributed by atoms with Crippen LogP contribution >= 0.6 is 46.4 Å². The summed E-state index contributed by atoms with van der Waals surface area (Å²) >= 11 is 24.0. The zero-order chi connectivity index (χ0) is 13.1. The van der Waals surface area contributed by atoms with Crippen molar-refractivity contribution in [1.82, 2.24) is 0 Å². The van der Waals surface area contributed by atoms with Crippen molar-refractivity contribution in [3.05, 3.63) is 63.1 Å². The number of nitrogens with zero attached hydrogens (tertiary/aromatic N) is 1. The Morgan fingerprint density at radius 2 is 1.61 bits per heavy atom. The summed E-state index contributed by atoms with van der Waals surface area (Å²) in [6, 6.07) is 12.2. The minimum absolute atomic E-state index is 0.268. The Hall–Kier alpha value is -0.730. The van der Waals surface area contributed by atoms with Crippen LogP contribution in [0.4, 0.5) is 5.69 Å². The molecule has 0 fully saturated rings. The monoisotopic (exact) mass is 317 g/mol. The van der Waals surface area contributed by atoms with Crippen molar-refractivity contribution in [2.75, 3.05) is 0 Å². The van der Waals surface area contributed by atoms with Crippen LogP contribution in [0.5, 0.6) is 0 Å². The molecule has 0 heterocycles. The quantitative estimate of drug-likeness (QED) is 0.605. The van der Waals surface area contributed by atoms with Gasteiger partial charge in [0, 0.05) is 10.6 Å². The first-order chi connectivity index (χ1) is 8.58. The lowest BCUT2D eigenvalue weighted by Crippen LogP contribution is -1.92. The van der Waals surface area contributed by atoms with E-state index in [0.29, 0.717) is 26.3 Å². The Bertz CT molecular complexity index is 608. The van der Waals surface area contributed by atoms with E-state index in [4.69, 9.17) is 46.4 Å². The molecule has 0 unspecified atom stereocenters. The molecule has 18 heavy (non-hydrogen) atoms. The Morgan fingerprint density at radius 3 is 2.28 bits per heavy atom. The topological polar surface area (TPSA) is 12.4 Å². The number of rotatable bonds is 2. The number of aliphatic imine (C=N–C) groups is 1. The van der Waals surface area contributed by atoms with E-state index >= 15 is 0 Å². The summed E-state index contributed by atoms with van der Waals surface area (Å²) in [5.41, 5.74) is 1.21. The molecule has 2 aromatic carbocycles. The van der Waals surface area contributed by atoms with Crippen LogP contribution in [-0.2, 0) is 0 Å². The van der Waals surface area contributed by atoms with Crippen LogP contribution in [0, 0.1) is 0 Å². The molecule has 0 aromatic heterocycles. The molecule has 0 saturated carbocycles. The summed E-state index contributed by atoms with van der Waals surface area (Å²) in [5, 5.41) is 1.79. The highest BCUT2D eigenvalue weighted by atomic mass is 35.5. The van der Waals surface area contributed by atoms with Crippen LogP contribution in [-0.4, -0.2) is 5.17 Å². The number of hydrogen-bond acceptors (Lipinski definition) is 1. The van der Waals surface area contributed by atoms with Gasteiger partial charge < -0.3 is 0 Å². The Labute approximate surface area is 125 Å². The van der Waals surface area contributed by atoms with Crippen molar-refractivity contribution in [3.63, 3.8) is 0 Å². The standard InChI is InChI=1S/C13H7Cl4N/c14-8-5-6-9(11(16)7-8)13(17)18-12-4-2-1-3-10(12)15/h1-7H/b18-13-. The van der Waals surface area contributed by atoms with E-state index in [1.54, 1.807) is 30.3 Å². The van der Waals surface area contributed by atoms with Crippen molar-refractivity contribution in [2.24, 2.45) is 4.99 Å². The third-order valence-electron chi connectivity index (χ3n) is 2.22. The molecular formula is C13H7Cl4N. The molecule has 0 atom stereocenters. The number of benzene rings is 2. The fourth-order valence-electron chi connectivity index (χ4n) is 1.37. The fourth-order valence-corrected chi connectivity index (χ4v) is 2.35. The largest absolute Gasteiger partial charge is 0.234 e. The molecule has 2 aromatic rings. The van der Waals surface area contributed by atoms with Crippen molar-refractivity contribution < 1.29 is 0 Å². The van der Waals surface area contributed by atoms with Gasteiger partial charge in [-0.2, -0.15) is 0 Å². The van der Waals surface area contributed by atoms with E-state index in [0.717, 1.165) is 0 Å². The molecule has 0 radical (unpaired) electrons. The normalized spacial score (nSPS) is 11.7. The predicted octanol–water partition coefficient (Wildman–Crippen LogP) is 5.96. The second kappa shape index (κ2) is 5.94. The summed E-state index contributed by atoms with van der Waals surface area (Å²) < 4.78 is 0. The van der Waals surface area contributed by atoms with E-state index in [-0.39, 0.29) is 5.17 Å². The van der Waals surface area contributed by atoms with Crippen LogP contribution in [0.25, 0.3) is 0 Å². The Morgan fingerprint density at radius 1 is 0.889 bits per heavy atom. The van der Waals surface area contributed by atoms with Crippen LogP contribution in [0.2, 0.25) is 15.1 Å². The number of hydrogen-bond donors (Lipinski definition) is 0. The molecule has 0 aliphatic carbocycles. The molecule has 0 spiro atoms. The van der Waals surface area contributed by atoms with E-state index in [2.05, 4.69) is 4.99 Å². The van der Waals surface area contributed by atoms with Crippen molar-refractivity contribution in [3.8, 4) is 0 Å². The maximum absolute atomic E-state index is 6.13. The lowest BCUT2D eigenvalue weighted by Gasteiger charge is -2.03. The fraction of sp³-hybridized carbons (Fsp3) is 0. The van der Waals surface area contributed by atoms with Gasteiger partial charge in [-0.25, -0.2) is 4.99 Å². The minimum atomic E-state index is 0.268. The molecule has 92 valence electrons. The third kappa shape index (κ3) is 3.18. The van der Waals surface area contributed by atoms with Gasteiger partial charge in [-0.3, -0.25) is 0 Å². The highest BCUT2D eigenvalue weighted by molar-refractivity contribution is 6.71. The van der Waals surface area contributed by atoms with E-state index < -0.39 is 0 Å². The smallest absolute Gasteiger partial charge is 0.138 e. The van der Waals surface area contributed by atoms with Crippen LogP contribution in [0.1, 0.15) is 5.56 Å². The molecule has 0 amide bonds. The summed E-state index contributed by atoms with van der Waals surface area (Å²) in [6.45, 7) is 0. The molecule has 0 N–H and O–H groups in total. The zero-order valence-electron chi connectivity index (χ0n) is 9.00. The van der Waals surface area contributed by atoms with Crippen molar-refractivity contribution >= 4 is 57.3 Å². The summed E-state index contributed by atoms with van der Waals surface area (Å²) in [4.78, 5) is 4.24. The van der Waals surface area contributed by atoms with Gasteiger partial charge in [-0.05, 0) is 30.3 Å². The molecule has 0 aliphatic rings. The average Bonchev–Trinajstić information content (AvgIpc) is 2.32. The first kappa shape index (κ1) is 13.7. The first-order valence-electron chi connectivity index (χ1n) is 5.02. The van der Waals surface area contributed by atoms with Gasteiger partial charge in [-0.15, -0.1) is 0 Å². The maximum atomic E-state index is 6.13. The highest BCUT2D eigenvalue weighted by Crippen LogP contribution is 2.28. The van der Waals surface area contributed by atoms with Gasteiger partial charge in [0.05, 0.1) is 15.7 Å². The Balaban J connectivity index is 2.42. The van der Waals surface area contributed by atoms with Gasteiger partial charge in [0.2, 0.25) is 0 Å². The zero-order valence-corrected chi connectivity index (χ0v) is 12.0. The first-order valence-corrected chi connectivity index (χ1v) is 6.53. The molecule has 5 heteroatoms. The Kier molecular flexibility index (Phi) is 4.52.